The molecule has 0 saturated carbocycles. The lowest BCUT2D eigenvalue weighted by Gasteiger charge is -2.23. The van der Waals surface area contributed by atoms with Gasteiger partial charge in [0, 0.05) is 44.8 Å². The molecule has 0 radical (unpaired) electrons. The molecule has 1 aliphatic heterocycles. The summed E-state index contributed by atoms with van der Waals surface area (Å²) in [6, 6.07) is 1.89. The molecule has 0 spiro atoms. The van der Waals surface area contributed by atoms with Crippen LogP contribution in [0.15, 0.2) is 34.3 Å². The summed E-state index contributed by atoms with van der Waals surface area (Å²) in [6.07, 6.45) is 8.06. The van der Waals surface area contributed by atoms with E-state index in [0.717, 1.165) is 47.1 Å². The SMILES string of the molecule is CSc1ncc(Br)c(N2CCCN(C(=O)c3cncc(C)c3)CC2)n1. The average molecular weight is 422 g/mol. The molecule has 3 heterocycles. The van der Waals surface area contributed by atoms with Crippen molar-refractivity contribution in [1.82, 2.24) is 19.9 Å². The van der Waals surface area contributed by atoms with Crippen molar-refractivity contribution in [2.24, 2.45) is 0 Å². The molecule has 1 aliphatic rings. The maximum absolute atomic E-state index is 12.7. The van der Waals surface area contributed by atoms with Crippen molar-refractivity contribution in [1.29, 1.82) is 0 Å². The number of nitrogens with zero attached hydrogens (tertiary/aromatic N) is 5. The second-order valence-corrected chi connectivity index (χ2v) is 7.54. The van der Waals surface area contributed by atoms with Crippen LogP contribution in [0.2, 0.25) is 0 Å². The number of carbonyl (C=O) groups is 1. The van der Waals surface area contributed by atoms with Gasteiger partial charge in [-0.3, -0.25) is 9.78 Å². The number of aromatic nitrogens is 3. The van der Waals surface area contributed by atoms with E-state index in [-0.39, 0.29) is 5.91 Å². The predicted molar refractivity (Wildman–Crippen MR) is 103 cm³/mol. The molecule has 3 rings (SSSR count). The minimum atomic E-state index is 0.0459. The Bertz CT molecular complexity index is 772. The van der Waals surface area contributed by atoms with E-state index in [9.17, 15) is 4.79 Å². The zero-order valence-corrected chi connectivity index (χ0v) is 16.7. The molecule has 25 heavy (non-hydrogen) atoms. The molecule has 0 aromatic carbocycles. The molecular formula is C17H20BrN5OS. The summed E-state index contributed by atoms with van der Waals surface area (Å²) in [7, 11) is 0. The molecule has 1 saturated heterocycles. The van der Waals surface area contributed by atoms with Crippen molar-refractivity contribution in [3.05, 3.63) is 40.3 Å². The summed E-state index contributed by atoms with van der Waals surface area (Å²) in [5.41, 5.74) is 1.65. The third-order valence-corrected chi connectivity index (χ3v) is 5.21. The molecule has 132 valence electrons. The molecule has 2 aromatic rings. The highest BCUT2D eigenvalue weighted by Crippen LogP contribution is 2.26. The van der Waals surface area contributed by atoms with Gasteiger partial charge in [0.05, 0.1) is 10.0 Å². The first-order valence-corrected chi connectivity index (χ1v) is 10.1. The van der Waals surface area contributed by atoms with Crippen LogP contribution in [0.5, 0.6) is 0 Å². The van der Waals surface area contributed by atoms with E-state index in [4.69, 9.17) is 0 Å². The van der Waals surface area contributed by atoms with E-state index in [1.807, 2.05) is 24.1 Å². The summed E-state index contributed by atoms with van der Waals surface area (Å²) >= 11 is 5.07. The van der Waals surface area contributed by atoms with Crippen LogP contribution >= 0.6 is 27.7 Å². The standard InChI is InChI=1S/C17H20BrN5OS/c1-12-8-13(10-19-9-12)16(24)23-5-3-4-22(6-7-23)15-14(18)11-20-17(21-15)25-2/h8-11H,3-7H2,1-2H3. The average Bonchev–Trinajstić information content (AvgIpc) is 2.87. The lowest BCUT2D eigenvalue weighted by Crippen LogP contribution is -2.35. The van der Waals surface area contributed by atoms with Gasteiger partial charge in [0.1, 0.15) is 5.82 Å². The van der Waals surface area contributed by atoms with Crippen molar-refractivity contribution in [3.63, 3.8) is 0 Å². The van der Waals surface area contributed by atoms with Crippen LogP contribution in [-0.4, -0.2) is 58.2 Å². The van der Waals surface area contributed by atoms with E-state index in [1.54, 1.807) is 18.6 Å². The Morgan fingerprint density at radius 3 is 2.80 bits per heavy atom. The molecule has 1 fully saturated rings. The zero-order valence-electron chi connectivity index (χ0n) is 14.3. The molecule has 8 heteroatoms. The number of hydrogen-bond donors (Lipinski definition) is 0. The number of aryl methyl sites for hydroxylation is 1. The fraction of sp³-hybridized carbons (Fsp3) is 0.412. The molecule has 0 atom stereocenters. The minimum absolute atomic E-state index is 0.0459. The van der Waals surface area contributed by atoms with Gasteiger partial charge in [0.2, 0.25) is 0 Å². The zero-order chi connectivity index (χ0) is 17.8. The fourth-order valence-corrected chi connectivity index (χ4v) is 3.63. The summed E-state index contributed by atoms with van der Waals surface area (Å²) in [4.78, 5) is 29.9. The number of halogens is 1. The van der Waals surface area contributed by atoms with E-state index < -0.39 is 0 Å². The van der Waals surface area contributed by atoms with Crippen molar-refractivity contribution in [2.75, 3.05) is 37.3 Å². The highest BCUT2D eigenvalue weighted by atomic mass is 79.9. The van der Waals surface area contributed by atoms with Crippen LogP contribution in [0.3, 0.4) is 0 Å². The van der Waals surface area contributed by atoms with Crippen LogP contribution in [0.1, 0.15) is 22.3 Å². The van der Waals surface area contributed by atoms with Gasteiger partial charge in [-0.25, -0.2) is 9.97 Å². The van der Waals surface area contributed by atoms with Crippen LogP contribution in [0, 0.1) is 6.92 Å². The van der Waals surface area contributed by atoms with Crippen LogP contribution < -0.4 is 4.90 Å². The Labute approximate surface area is 160 Å². The number of hydrogen-bond acceptors (Lipinski definition) is 6. The number of pyridine rings is 1. The van der Waals surface area contributed by atoms with E-state index >= 15 is 0 Å². The highest BCUT2D eigenvalue weighted by molar-refractivity contribution is 9.10. The maximum Gasteiger partial charge on any atom is 0.255 e. The van der Waals surface area contributed by atoms with E-state index in [0.29, 0.717) is 12.1 Å². The first-order chi connectivity index (χ1) is 12.1. The largest absolute Gasteiger partial charge is 0.354 e. The maximum atomic E-state index is 12.7. The second kappa shape index (κ2) is 8.14. The number of rotatable bonds is 3. The van der Waals surface area contributed by atoms with Gasteiger partial charge in [-0.2, -0.15) is 0 Å². The quantitative estimate of drug-likeness (QED) is 0.560. The molecular weight excluding hydrogens is 402 g/mol. The fourth-order valence-electron chi connectivity index (χ4n) is 2.85. The van der Waals surface area contributed by atoms with Gasteiger partial charge in [0.25, 0.3) is 5.91 Å². The Morgan fingerprint density at radius 2 is 2.04 bits per heavy atom. The molecule has 2 aromatic heterocycles. The summed E-state index contributed by atoms with van der Waals surface area (Å²) < 4.78 is 0.882. The Balaban J connectivity index is 1.73. The van der Waals surface area contributed by atoms with Crippen LogP contribution in [0.25, 0.3) is 0 Å². The lowest BCUT2D eigenvalue weighted by molar-refractivity contribution is 0.0766. The van der Waals surface area contributed by atoms with Gasteiger partial charge in [-0.05, 0) is 47.2 Å². The Hall–Kier alpha value is -1.67. The first kappa shape index (κ1) is 18.1. The lowest BCUT2D eigenvalue weighted by atomic mass is 10.2. The monoisotopic (exact) mass is 421 g/mol. The summed E-state index contributed by atoms with van der Waals surface area (Å²) in [5, 5.41) is 0.751. The van der Waals surface area contributed by atoms with Crippen LogP contribution in [0.4, 0.5) is 5.82 Å². The normalized spacial score (nSPS) is 15.2. The molecule has 0 aliphatic carbocycles. The van der Waals surface area contributed by atoms with Gasteiger partial charge < -0.3 is 9.80 Å². The molecule has 1 amide bonds. The number of anilines is 1. The Morgan fingerprint density at radius 1 is 1.20 bits per heavy atom. The van der Waals surface area contributed by atoms with Gasteiger partial charge in [-0.15, -0.1) is 0 Å². The van der Waals surface area contributed by atoms with Gasteiger partial charge in [0.15, 0.2) is 5.16 Å². The molecule has 0 bridgehead atoms. The highest BCUT2D eigenvalue weighted by Gasteiger charge is 2.22. The number of thioether (sulfide) groups is 1. The van der Waals surface area contributed by atoms with Crippen molar-refractivity contribution in [2.45, 2.75) is 18.5 Å². The van der Waals surface area contributed by atoms with E-state index in [1.165, 1.54) is 11.8 Å². The second-order valence-electron chi connectivity index (χ2n) is 5.91. The number of carbonyl (C=O) groups excluding carboxylic acids is 1. The third kappa shape index (κ3) is 4.30. The third-order valence-electron chi connectivity index (χ3n) is 4.09. The van der Waals surface area contributed by atoms with Gasteiger partial charge >= 0.3 is 0 Å². The predicted octanol–water partition coefficient (Wildman–Crippen LogP) is 3.02. The molecule has 6 nitrogen and oxygen atoms in total. The smallest absolute Gasteiger partial charge is 0.255 e. The Kier molecular flexibility index (Phi) is 5.90. The summed E-state index contributed by atoms with van der Waals surface area (Å²) in [6.45, 7) is 4.96. The molecule has 0 unspecified atom stereocenters. The summed E-state index contributed by atoms with van der Waals surface area (Å²) in [5.74, 6) is 0.940. The van der Waals surface area contributed by atoms with Crippen molar-refractivity contribution >= 4 is 39.4 Å². The van der Waals surface area contributed by atoms with E-state index in [2.05, 4.69) is 35.8 Å². The van der Waals surface area contributed by atoms with Crippen molar-refractivity contribution in [3.8, 4) is 0 Å². The van der Waals surface area contributed by atoms with Gasteiger partial charge in [-0.1, -0.05) is 11.8 Å². The van der Waals surface area contributed by atoms with Crippen LogP contribution in [-0.2, 0) is 0 Å². The minimum Gasteiger partial charge on any atom is -0.354 e. The first-order valence-electron chi connectivity index (χ1n) is 8.11. The topological polar surface area (TPSA) is 62.2 Å². The number of amides is 1. The van der Waals surface area contributed by atoms with Crippen molar-refractivity contribution < 1.29 is 4.79 Å². The molecule has 0 N–H and O–H groups in total.